The molecule has 21 heavy (non-hydrogen) atoms. The summed E-state index contributed by atoms with van der Waals surface area (Å²) in [5.41, 5.74) is 0.812. The second kappa shape index (κ2) is 5.87. The minimum Gasteiger partial charge on any atom is -0.223 e. The predicted molar refractivity (Wildman–Crippen MR) is 78.0 cm³/mol. The number of aromatic nitrogens is 3. The zero-order valence-electron chi connectivity index (χ0n) is 10.5. The Morgan fingerprint density at radius 2 is 2.29 bits per heavy atom. The van der Waals surface area contributed by atoms with E-state index >= 15 is 0 Å². The van der Waals surface area contributed by atoms with Crippen LogP contribution < -0.4 is 0 Å². The van der Waals surface area contributed by atoms with Crippen LogP contribution in [-0.2, 0) is 0 Å². The maximum Gasteiger partial charge on any atom is 0.163 e. The summed E-state index contributed by atoms with van der Waals surface area (Å²) < 4.78 is 28.9. The van der Waals surface area contributed by atoms with Crippen molar-refractivity contribution in [3.8, 4) is 6.07 Å². The highest BCUT2D eigenvalue weighted by Gasteiger charge is 2.28. The van der Waals surface area contributed by atoms with Gasteiger partial charge in [0.2, 0.25) is 0 Å². The number of thioether (sulfide) groups is 2. The molecule has 1 fully saturated rings. The molecule has 1 aromatic carbocycles. The van der Waals surface area contributed by atoms with Crippen molar-refractivity contribution in [1.82, 2.24) is 14.8 Å². The number of rotatable bonds is 2. The Balaban J connectivity index is 1.90. The maximum atomic E-state index is 13.8. The van der Waals surface area contributed by atoms with Gasteiger partial charge in [0.15, 0.2) is 5.70 Å². The molecule has 1 atom stereocenters. The summed E-state index contributed by atoms with van der Waals surface area (Å²) in [7, 11) is 0. The molecule has 1 aliphatic rings. The third-order valence-electron chi connectivity index (χ3n) is 2.87. The van der Waals surface area contributed by atoms with Gasteiger partial charge in [0.1, 0.15) is 30.4 Å². The van der Waals surface area contributed by atoms with Gasteiger partial charge >= 0.3 is 0 Å². The highest BCUT2D eigenvalue weighted by Crippen LogP contribution is 2.52. The van der Waals surface area contributed by atoms with Crippen LogP contribution in [0.15, 0.2) is 35.1 Å². The molecule has 2 heterocycles. The second-order valence-electron chi connectivity index (χ2n) is 4.17. The van der Waals surface area contributed by atoms with E-state index in [0.29, 0.717) is 17.0 Å². The molecule has 0 saturated carbocycles. The molecule has 0 N–H and O–H groups in total. The second-order valence-corrected chi connectivity index (χ2v) is 6.67. The number of hydrogen-bond donors (Lipinski definition) is 0. The van der Waals surface area contributed by atoms with E-state index in [-0.39, 0.29) is 5.25 Å². The molecule has 0 aliphatic carbocycles. The van der Waals surface area contributed by atoms with Crippen LogP contribution in [0.1, 0.15) is 10.8 Å². The van der Waals surface area contributed by atoms with Crippen LogP contribution in [-0.4, -0.2) is 20.5 Å². The highest BCUT2D eigenvalue weighted by molar-refractivity contribution is 8.25. The fourth-order valence-electron chi connectivity index (χ4n) is 1.90. The van der Waals surface area contributed by atoms with E-state index in [4.69, 9.17) is 0 Å². The van der Waals surface area contributed by atoms with E-state index in [0.717, 1.165) is 10.3 Å². The normalized spacial score (nSPS) is 20.3. The highest BCUT2D eigenvalue weighted by atomic mass is 32.2. The van der Waals surface area contributed by atoms with Crippen LogP contribution in [0, 0.1) is 23.0 Å². The number of halogens is 2. The van der Waals surface area contributed by atoms with Crippen molar-refractivity contribution in [2.45, 2.75) is 5.25 Å². The standard InChI is InChI=1S/C13H8F2N4S2/c14-8-1-2-9(10(15)3-8)12-5-20-13(21-12)11(4-16)19-7-17-6-18-19/h1-3,6-7,12H,5H2/b13-11+. The molecule has 1 unspecified atom stereocenters. The van der Waals surface area contributed by atoms with E-state index in [1.54, 1.807) is 0 Å². The fraction of sp³-hybridized carbons (Fsp3) is 0.154. The number of nitriles is 1. The first-order valence-corrected chi connectivity index (χ1v) is 7.79. The lowest BCUT2D eigenvalue weighted by Gasteiger charge is -2.09. The first-order chi connectivity index (χ1) is 10.2. The largest absolute Gasteiger partial charge is 0.223 e. The van der Waals surface area contributed by atoms with Gasteiger partial charge in [-0.25, -0.2) is 18.4 Å². The summed E-state index contributed by atoms with van der Waals surface area (Å²) in [4.78, 5) is 3.81. The maximum absolute atomic E-state index is 13.8. The molecule has 1 saturated heterocycles. The quantitative estimate of drug-likeness (QED) is 0.793. The first-order valence-electron chi connectivity index (χ1n) is 5.93. The van der Waals surface area contributed by atoms with Crippen LogP contribution in [0.4, 0.5) is 8.78 Å². The van der Waals surface area contributed by atoms with Gasteiger partial charge in [-0.2, -0.15) is 10.4 Å². The average molecular weight is 322 g/mol. The third kappa shape index (κ3) is 2.80. The van der Waals surface area contributed by atoms with E-state index < -0.39 is 11.6 Å². The SMILES string of the molecule is N#C/C(=C1/SCC(c2ccc(F)cc2F)S1)n1cncn1. The van der Waals surface area contributed by atoms with Crippen LogP contribution in [0.5, 0.6) is 0 Å². The third-order valence-corrected chi connectivity index (χ3v) is 5.79. The smallest absolute Gasteiger partial charge is 0.163 e. The summed E-state index contributed by atoms with van der Waals surface area (Å²) in [5, 5.41) is 13.0. The van der Waals surface area contributed by atoms with Crippen LogP contribution in [0.25, 0.3) is 5.70 Å². The topological polar surface area (TPSA) is 54.5 Å². The van der Waals surface area contributed by atoms with Crippen molar-refractivity contribution < 1.29 is 8.78 Å². The number of allylic oxidation sites excluding steroid dienone is 1. The van der Waals surface area contributed by atoms with Gasteiger partial charge in [-0.15, -0.1) is 23.5 Å². The van der Waals surface area contributed by atoms with Gasteiger partial charge in [0.05, 0.1) is 4.24 Å². The summed E-state index contributed by atoms with van der Waals surface area (Å²) in [6, 6.07) is 5.66. The van der Waals surface area contributed by atoms with Gasteiger partial charge in [-0.1, -0.05) is 6.07 Å². The molecule has 8 heteroatoms. The van der Waals surface area contributed by atoms with Crippen LogP contribution in [0.2, 0.25) is 0 Å². The summed E-state index contributed by atoms with van der Waals surface area (Å²) >= 11 is 2.84. The Morgan fingerprint density at radius 3 is 2.95 bits per heavy atom. The van der Waals surface area contributed by atoms with E-state index in [2.05, 4.69) is 16.2 Å². The molecule has 1 aliphatic heterocycles. The summed E-state index contributed by atoms with van der Waals surface area (Å²) in [6.07, 6.45) is 2.79. The number of hydrogen-bond acceptors (Lipinski definition) is 5. The molecular weight excluding hydrogens is 314 g/mol. The average Bonchev–Trinajstić information content (AvgIpc) is 3.12. The van der Waals surface area contributed by atoms with Crippen molar-refractivity contribution in [3.63, 3.8) is 0 Å². The Labute approximate surface area is 127 Å². The zero-order valence-corrected chi connectivity index (χ0v) is 12.2. The van der Waals surface area contributed by atoms with Crippen LogP contribution >= 0.6 is 23.5 Å². The molecule has 106 valence electrons. The van der Waals surface area contributed by atoms with E-state index in [1.807, 2.05) is 0 Å². The molecule has 0 radical (unpaired) electrons. The lowest BCUT2D eigenvalue weighted by atomic mass is 10.1. The van der Waals surface area contributed by atoms with Crippen molar-refractivity contribution in [3.05, 3.63) is 52.3 Å². The zero-order chi connectivity index (χ0) is 14.8. The van der Waals surface area contributed by atoms with Crippen LogP contribution in [0.3, 0.4) is 0 Å². The van der Waals surface area contributed by atoms with Crippen molar-refractivity contribution in [2.24, 2.45) is 0 Å². The van der Waals surface area contributed by atoms with Gasteiger partial charge in [-0.05, 0) is 6.07 Å². The molecule has 0 bridgehead atoms. The number of nitrogens with zero attached hydrogens (tertiary/aromatic N) is 4. The van der Waals surface area contributed by atoms with Crippen molar-refractivity contribution >= 4 is 29.2 Å². The first kappa shape index (κ1) is 14.1. The lowest BCUT2D eigenvalue weighted by molar-refractivity contribution is 0.573. The monoisotopic (exact) mass is 322 g/mol. The molecule has 0 spiro atoms. The number of benzene rings is 1. The Kier molecular flexibility index (Phi) is 3.94. The summed E-state index contributed by atoms with van der Waals surface area (Å²) in [5.74, 6) is -0.542. The Bertz CT molecular complexity index is 737. The molecule has 1 aromatic heterocycles. The summed E-state index contributed by atoms with van der Waals surface area (Å²) in [6.45, 7) is 0. The molecule has 3 rings (SSSR count). The van der Waals surface area contributed by atoms with E-state index in [1.165, 1.54) is 53.0 Å². The molecular formula is C13H8F2N4S2. The van der Waals surface area contributed by atoms with Gasteiger partial charge in [0, 0.05) is 22.6 Å². The molecule has 0 amide bonds. The van der Waals surface area contributed by atoms with Gasteiger partial charge in [-0.3, -0.25) is 0 Å². The van der Waals surface area contributed by atoms with Gasteiger partial charge < -0.3 is 0 Å². The van der Waals surface area contributed by atoms with Crippen molar-refractivity contribution in [2.75, 3.05) is 5.75 Å². The molecule has 2 aromatic rings. The fourth-order valence-corrected chi connectivity index (χ4v) is 4.79. The lowest BCUT2D eigenvalue weighted by Crippen LogP contribution is -1.97. The predicted octanol–water partition coefficient (Wildman–Crippen LogP) is 3.43. The molecule has 4 nitrogen and oxygen atoms in total. The Hall–Kier alpha value is -1.85. The van der Waals surface area contributed by atoms with Crippen molar-refractivity contribution in [1.29, 1.82) is 5.26 Å². The minimum absolute atomic E-state index is 0.155. The Morgan fingerprint density at radius 1 is 1.43 bits per heavy atom. The van der Waals surface area contributed by atoms with E-state index in [9.17, 15) is 14.0 Å². The van der Waals surface area contributed by atoms with Gasteiger partial charge in [0.25, 0.3) is 0 Å². The minimum atomic E-state index is -0.594.